The Labute approximate surface area is 242 Å². The first-order valence-electron chi connectivity index (χ1n) is 13.6. The second-order valence-electron chi connectivity index (χ2n) is 10.7. The summed E-state index contributed by atoms with van der Waals surface area (Å²) in [5.41, 5.74) is 2.28. The number of benzene rings is 1. The molecule has 210 valence electrons. The lowest BCUT2D eigenvalue weighted by atomic mass is 9.98. The Balaban J connectivity index is 1.21. The van der Waals surface area contributed by atoms with Crippen molar-refractivity contribution in [3.05, 3.63) is 45.2 Å². The number of nitrogens with one attached hydrogen (secondary N) is 1. The quantitative estimate of drug-likeness (QED) is 0.528. The van der Waals surface area contributed by atoms with Crippen molar-refractivity contribution in [1.82, 2.24) is 20.0 Å². The van der Waals surface area contributed by atoms with Gasteiger partial charge in [-0.25, -0.2) is 4.79 Å². The number of ether oxygens (including phenoxy) is 1. The van der Waals surface area contributed by atoms with E-state index in [1.807, 2.05) is 31.2 Å². The molecule has 11 heteroatoms. The van der Waals surface area contributed by atoms with Gasteiger partial charge in [0.05, 0.1) is 9.83 Å². The molecule has 3 saturated heterocycles. The molecule has 3 fully saturated rings. The monoisotopic (exact) mass is 617 g/mol. The van der Waals surface area contributed by atoms with Crippen molar-refractivity contribution in [1.29, 1.82) is 0 Å². The fourth-order valence-corrected chi connectivity index (χ4v) is 6.88. The number of hydrogen-bond acceptors (Lipinski definition) is 7. The molecule has 0 spiro atoms. The summed E-state index contributed by atoms with van der Waals surface area (Å²) in [5, 5.41) is 3.28. The molecule has 9 nitrogen and oxygen atoms in total. The molecule has 3 aliphatic heterocycles. The van der Waals surface area contributed by atoms with E-state index in [0.717, 1.165) is 73.6 Å². The predicted octanol–water partition coefficient (Wildman–Crippen LogP) is 3.96. The van der Waals surface area contributed by atoms with Crippen LogP contribution in [-0.4, -0.2) is 97.6 Å². The highest BCUT2D eigenvalue weighted by molar-refractivity contribution is 9.11. The Kier molecular flexibility index (Phi) is 8.90. The molecule has 0 aliphatic carbocycles. The molecular formula is C28H36BrN5O4S. The minimum atomic E-state index is -0.575. The van der Waals surface area contributed by atoms with Crippen LogP contribution < -0.4 is 15.0 Å². The van der Waals surface area contributed by atoms with Gasteiger partial charge in [-0.1, -0.05) is 11.3 Å². The summed E-state index contributed by atoms with van der Waals surface area (Å²) in [5.74, 6) is 0.00837. The van der Waals surface area contributed by atoms with Crippen molar-refractivity contribution in [2.45, 2.75) is 44.7 Å². The maximum absolute atomic E-state index is 13.7. The molecule has 2 atom stereocenters. The lowest BCUT2D eigenvalue weighted by molar-refractivity contribution is -0.117. The number of amides is 3. The number of carbonyl (C=O) groups is 3. The Morgan fingerprint density at radius 1 is 1.10 bits per heavy atom. The molecule has 1 N–H and O–H groups in total. The molecule has 2 unspecified atom stereocenters. The van der Waals surface area contributed by atoms with Crippen LogP contribution in [0.1, 0.15) is 41.6 Å². The van der Waals surface area contributed by atoms with Crippen LogP contribution in [0.25, 0.3) is 0 Å². The second kappa shape index (κ2) is 12.4. The summed E-state index contributed by atoms with van der Waals surface area (Å²) in [4.78, 5) is 47.4. The number of anilines is 1. The fraction of sp³-hybridized carbons (Fsp3) is 0.536. The van der Waals surface area contributed by atoms with Crippen LogP contribution >= 0.6 is 27.3 Å². The van der Waals surface area contributed by atoms with Gasteiger partial charge in [0.25, 0.3) is 5.91 Å². The third kappa shape index (κ3) is 6.82. The fourth-order valence-electron chi connectivity index (χ4n) is 5.69. The van der Waals surface area contributed by atoms with Crippen LogP contribution in [0.15, 0.2) is 34.1 Å². The molecule has 1 aromatic carbocycles. The van der Waals surface area contributed by atoms with Crippen LogP contribution in [0.2, 0.25) is 0 Å². The number of likely N-dealkylation sites (N-methyl/N-ethyl adjacent to an activating group) is 1. The summed E-state index contributed by atoms with van der Waals surface area (Å²) < 4.78 is 6.19. The Hall–Kier alpha value is -2.47. The van der Waals surface area contributed by atoms with Crippen LogP contribution in [0, 0.1) is 6.92 Å². The van der Waals surface area contributed by atoms with Gasteiger partial charge in [0, 0.05) is 69.5 Å². The molecule has 1 aromatic heterocycles. The van der Waals surface area contributed by atoms with Crippen LogP contribution in [0.4, 0.5) is 10.5 Å². The van der Waals surface area contributed by atoms with Gasteiger partial charge in [0.2, 0.25) is 5.91 Å². The normalized spacial score (nSPS) is 22.8. The number of likely N-dealkylation sites (tertiary alicyclic amines) is 1. The average Bonchev–Trinajstić information content (AvgIpc) is 3.49. The van der Waals surface area contributed by atoms with E-state index >= 15 is 0 Å². The van der Waals surface area contributed by atoms with Gasteiger partial charge in [-0.05, 0) is 85.1 Å². The minimum Gasteiger partial charge on any atom is -0.399 e. The summed E-state index contributed by atoms with van der Waals surface area (Å²) in [6.45, 7) is 8.24. The number of halogens is 1. The lowest BCUT2D eigenvalue weighted by Gasteiger charge is -2.41. The van der Waals surface area contributed by atoms with Crippen molar-refractivity contribution < 1.29 is 19.1 Å². The maximum atomic E-state index is 13.7. The van der Waals surface area contributed by atoms with Gasteiger partial charge in [0.15, 0.2) is 5.06 Å². The van der Waals surface area contributed by atoms with Crippen molar-refractivity contribution in [3.8, 4) is 5.06 Å². The maximum Gasteiger partial charge on any atom is 0.413 e. The Morgan fingerprint density at radius 3 is 2.62 bits per heavy atom. The molecule has 3 amide bonds. The molecule has 5 rings (SSSR count). The zero-order valence-electron chi connectivity index (χ0n) is 22.5. The molecule has 39 heavy (non-hydrogen) atoms. The van der Waals surface area contributed by atoms with Gasteiger partial charge in [-0.3, -0.25) is 14.5 Å². The SMILES string of the molecule is Cc1cc(N2CC(NC(=O)Oc3ccc(Br)s3)CC2=O)ccc1C(=O)N1CCCCC1CN1CCN(C)CC1. The van der Waals surface area contributed by atoms with Crippen LogP contribution in [0.3, 0.4) is 0 Å². The first-order valence-corrected chi connectivity index (χ1v) is 15.2. The zero-order chi connectivity index (χ0) is 27.5. The van der Waals surface area contributed by atoms with Gasteiger partial charge < -0.3 is 24.8 Å². The van der Waals surface area contributed by atoms with Crippen LogP contribution in [-0.2, 0) is 4.79 Å². The van der Waals surface area contributed by atoms with Gasteiger partial charge in [-0.2, -0.15) is 0 Å². The summed E-state index contributed by atoms with van der Waals surface area (Å²) in [6, 6.07) is 9.02. The molecule has 0 bridgehead atoms. The first kappa shape index (κ1) is 28.1. The van der Waals surface area contributed by atoms with Crippen molar-refractivity contribution >= 4 is 50.9 Å². The number of piperazine rings is 1. The highest BCUT2D eigenvalue weighted by atomic mass is 79.9. The van der Waals surface area contributed by atoms with Gasteiger partial charge >= 0.3 is 6.09 Å². The molecule has 4 heterocycles. The number of thiophene rings is 1. The van der Waals surface area contributed by atoms with E-state index in [4.69, 9.17) is 4.74 Å². The average molecular weight is 619 g/mol. The first-order chi connectivity index (χ1) is 18.8. The minimum absolute atomic E-state index is 0.0686. The lowest BCUT2D eigenvalue weighted by Crippen LogP contribution is -2.53. The Bertz CT molecular complexity index is 1210. The molecule has 2 aromatic rings. The number of aryl methyl sites for hydroxylation is 1. The van der Waals surface area contributed by atoms with Crippen LogP contribution in [0.5, 0.6) is 5.06 Å². The number of nitrogens with zero attached hydrogens (tertiary/aromatic N) is 4. The van der Waals surface area contributed by atoms with Crippen molar-refractivity contribution in [2.75, 3.05) is 57.8 Å². The second-order valence-corrected chi connectivity index (χ2v) is 13.2. The molecule has 3 aliphatic rings. The third-order valence-electron chi connectivity index (χ3n) is 7.89. The van der Waals surface area contributed by atoms with E-state index in [-0.39, 0.29) is 30.3 Å². The number of piperidine rings is 1. The van der Waals surface area contributed by atoms with Gasteiger partial charge in [-0.15, -0.1) is 0 Å². The molecular weight excluding hydrogens is 582 g/mol. The Morgan fingerprint density at radius 2 is 1.90 bits per heavy atom. The number of hydrogen-bond donors (Lipinski definition) is 1. The number of carbonyl (C=O) groups excluding carboxylic acids is 3. The van der Waals surface area contributed by atoms with E-state index in [2.05, 4.69) is 43.0 Å². The van der Waals surface area contributed by atoms with Crippen molar-refractivity contribution in [3.63, 3.8) is 0 Å². The van der Waals surface area contributed by atoms with E-state index < -0.39 is 6.09 Å². The predicted molar refractivity (Wildman–Crippen MR) is 156 cm³/mol. The van der Waals surface area contributed by atoms with Gasteiger partial charge in [0.1, 0.15) is 0 Å². The molecule has 0 saturated carbocycles. The summed E-state index contributed by atoms with van der Waals surface area (Å²) >= 11 is 4.66. The van der Waals surface area contributed by atoms with E-state index in [9.17, 15) is 14.4 Å². The number of rotatable bonds is 6. The summed E-state index contributed by atoms with van der Waals surface area (Å²) in [7, 11) is 2.16. The van der Waals surface area contributed by atoms with E-state index in [1.54, 1.807) is 11.0 Å². The van der Waals surface area contributed by atoms with Crippen molar-refractivity contribution in [2.24, 2.45) is 0 Å². The largest absolute Gasteiger partial charge is 0.413 e. The summed E-state index contributed by atoms with van der Waals surface area (Å²) in [6.07, 6.45) is 2.85. The third-order valence-corrected chi connectivity index (χ3v) is 9.40. The highest BCUT2D eigenvalue weighted by Gasteiger charge is 2.34. The topological polar surface area (TPSA) is 85.4 Å². The van der Waals surface area contributed by atoms with E-state index in [1.165, 1.54) is 11.3 Å². The zero-order valence-corrected chi connectivity index (χ0v) is 24.9. The standard InChI is InChI=1S/C28H36BrN5O4S/c1-19-15-21(34-17-20(16-25(34)35)30-28(37)38-26-9-8-24(29)39-26)6-7-23(19)27(36)33-10-4-3-5-22(33)18-32-13-11-31(2)12-14-32/h6-9,15,20,22H,3-5,10-14,16-18H2,1-2H3,(H,30,37). The molecule has 0 radical (unpaired) electrons. The smallest absolute Gasteiger partial charge is 0.399 e. The van der Waals surface area contributed by atoms with E-state index in [0.29, 0.717) is 17.2 Å². The highest BCUT2D eigenvalue weighted by Crippen LogP contribution is 2.30.